The van der Waals surface area contributed by atoms with Crippen molar-refractivity contribution < 1.29 is 47.7 Å². The second kappa shape index (κ2) is 32.0. The van der Waals surface area contributed by atoms with Crippen molar-refractivity contribution in [1.82, 2.24) is 0 Å². The molecule has 10 heteroatoms. The first kappa shape index (κ1) is 83.0. The van der Waals surface area contributed by atoms with Crippen LogP contribution in [0.1, 0.15) is 372 Å². The van der Waals surface area contributed by atoms with E-state index in [0.29, 0.717) is 53.3 Å². The molecule has 0 aromatic rings. The largest absolute Gasteiger partial charge is 0.458 e. The van der Waals surface area contributed by atoms with Crippen LogP contribution >= 0.6 is 0 Å². The van der Waals surface area contributed by atoms with Gasteiger partial charge in [0.05, 0.1) is 27.1 Å². The van der Waals surface area contributed by atoms with Crippen LogP contribution in [0.25, 0.3) is 0 Å². The molecular formula is C90H156O10. The molecule has 13 aliphatic carbocycles. The average Bonchev–Trinajstić information content (AvgIpc) is 1.47. The molecule has 0 aromatic heterocycles. The van der Waals surface area contributed by atoms with Gasteiger partial charge in [-0.15, -0.1) is 0 Å². The lowest BCUT2D eigenvalue weighted by atomic mass is 9.47. The van der Waals surface area contributed by atoms with E-state index in [2.05, 4.69) is 96.9 Å². The van der Waals surface area contributed by atoms with Crippen molar-refractivity contribution in [2.75, 3.05) is 0 Å². The quantitative estimate of drug-likeness (QED) is 0.0659. The highest BCUT2D eigenvalue weighted by Gasteiger charge is 2.70. The van der Waals surface area contributed by atoms with E-state index in [-0.39, 0.29) is 84.9 Å². The molecule has 100 heavy (non-hydrogen) atoms. The molecule has 13 fully saturated rings. The predicted molar refractivity (Wildman–Crippen MR) is 408 cm³/mol. The second-order valence-electron chi connectivity index (χ2n) is 41.1. The number of rotatable bonds is 20. The van der Waals surface area contributed by atoms with E-state index in [1.807, 2.05) is 76.2 Å². The van der Waals surface area contributed by atoms with Gasteiger partial charge in [-0.2, -0.15) is 0 Å². The van der Waals surface area contributed by atoms with E-state index in [9.17, 15) is 24.0 Å². The van der Waals surface area contributed by atoms with Crippen molar-refractivity contribution in [2.45, 2.75) is 400 Å². The third-order valence-corrected chi connectivity index (χ3v) is 32.0. The SMILES string of the molecule is CCC(C)(C)C(=O)OC1(C(C)C)C2CC3CC(C2)CC1C3.CCC(C)(C)C(=O)OC1(C(C)C)CC2CC1C1C3CCC(C3)C21.CCC(C)(C)C(=O)OC1(C(C)C)CC2CCC1C2.CCC(C)(C)C(=O)OC1(C(C)C)CCC2CCCCC2C1.CCC(C)(C)C(=O)OC1(C(C)C)CCCCC1. The zero-order chi connectivity index (χ0) is 74.3. The fourth-order valence-corrected chi connectivity index (χ4v) is 22.8. The fourth-order valence-electron chi connectivity index (χ4n) is 22.8. The highest BCUT2D eigenvalue weighted by atomic mass is 16.6. The van der Waals surface area contributed by atoms with E-state index >= 15 is 0 Å². The summed E-state index contributed by atoms with van der Waals surface area (Å²) >= 11 is 0. The van der Waals surface area contributed by atoms with Crippen LogP contribution in [0.15, 0.2) is 0 Å². The summed E-state index contributed by atoms with van der Waals surface area (Å²) in [6, 6.07) is 0. The van der Waals surface area contributed by atoms with Crippen molar-refractivity contribution in [3.05, 3.63) is 0 Å². The maximum atomic E-state index is 12.9. The molecule has 13 unspecified atom stereocenters. The summed E-state index contributed by atoms with van der Waals surface area (Å²) in [5.74, 6) is 13.6. The number of hydrogen-bond acceptors (Lipinski definition) is 10. The van der Waals surface area contributed by atoms with Gasteiger partial charge in [-0.25, -0.2) is 0 Å². The number of esters is 5. The summed E-state index contributed by atoms with van der Waals surface area (Å²) in [6.07, 6.45) is 37.3. The standard InChI is InChI=1S/C21H34O2.C19H32O2.C19H34O2.C16H28O2.C15H28O2/c1-6-20(4,5)19(22)23-21(12(2)3)11-15-10-16(21)18-14-8-7-13(9-14)17(15)18;1-6-18(4,5)17(20)21-19(12(2)3)15-8-13-7-14(10-15)11-16(19)9-13;1-6-18(4,5)17(20)21-19(14(2)3)12-11-15-9-7-8-10-16(15)13-19;1-6-15(4,5)14(17)18-16(11(2)3)10-12-7-8-13(16)9-12;1-6-14(4,5)13(16)17-15(12(2)3)10-8-7-9-11-15/h12-18H,6-11H2,1-5H3;12-16H,6-11H2,1-5H3;14-16H,6-13H2,1-5H3;11-13H,6-10H2,1-5H3;12H,6-11H2,1-5H3. The number of carbonyl (C=O) groups is 5. The third-order valence-electron chi connectivity index (χ3n) is 32.0. The Hall–Kier alpha value is -2.65. The smallest absolute Gasteiger partial charge is 0.312 e. The second-order valence-corrected chi connectivity index (χ2v) is 41.1. The minimum atomic E-state index is -0.356. The van der Waals surface area contributed by atoms with Gasteiger partial charge in [0.15, 0.2) is 0 Å². The van der Waals surface area contributed by atoms with E-state index < -0.39 is 0 Å². The van der Waals surface area contributed by atoms with Crippen LogP contribution in [0.3, 0.4) is 0 Å². The lowest BCUT2D eigenvalue weighted by Gasteiger charge is -2.62. The molecule has 0 spiro atoms. The average molecular weight is 1400 g/mol. The molecule has 13 atom stereocenters. The van der Waals surface area contributed by atoms with Gasteiger partial charge in [0.25, 0.3) is 0 Å². The number of carbonyl (C=O) groups excluding carboxylic acids is 5. The lowest BCUT2D eigenvalue weighted by molar-refractivity contribution is -0.231. The van der Waals surface area contributed by atoms with Gasteiger partial charge in [-0.1, -0.05) is 136 Å². The minimum absolute atomic E-state index is 0.00579. The topological polar surface area (TPSA) is 132 Å². The van der Waals surface area contributed by atoms with Crippen molar-refractivity contribution in [3.8, 4) is 0 Å². The Kier molecular flexibility index (Phi) is 26.6. The van der Waals surface area contributed by atoms with Crippen LogP contribution < -0.4 is 0 Å². The molecule has 0 heterocycles. The highest BCUT2D eigenvalue weighted by Crippen LogP contribution is 2.72. The first-order valence-corrected chi connectivity index (χ1v) is 42.7. The number of ether oxygens (including phenoxy) is 5. The van der Waals surface area contributed by atoms with E-state index in [0.717, 1.165) is 130 Å². The van der Waals surface area contributed by atoms with Crippen molar-refractivity contribution >= 4 is 29.8 Å². The Morgan fingerprint density at radius 2 is 0.740 bits per heavy atom. The van der Waals surface area contributed by atoms with Crippen molar-refractivity contribution in [1.29, 1.82) is 0 Å². The van der Waals surface area contributed by atoms with Crippen LogP contribution in [0.2, 0.25) is 0 Å². The van der Waals surface area contributed by atoms with Crippen LogP contribution in [-0.4, -0.2) is 57.9 Å². The normalized spacial score (nSPS) is 36.5. The number of fused-ring (bicyclic) bond motifs is 12. The zero-order valence-corrected chi connectivity index (χ0v) is 69.5. The van der Waals surface area contributed by atoms with Gasteiger partial charge >= 0.3 is 29.8 Å². The molecule has 13 aliphatic rings. The summed E-state index contributed by atoms with van der Waals surface area (Å²) in [7, 11) is 0. The van der Waals surface area contributed by atoms with Gasteiger partial charge in [0.2, 0.25) is 0 Å². The van der Waals surface area contributed by atoms with Crippen LogP contribution in [0.5, 0.6) is 0 Å². The van der Waals surface area contributed by atoms with Crippen LogP contribution in [-0.2, 0) is 47.7 Å². The number of hydrogen-bond donors (Lipinski definition) is 0. The van der Waals surface area contributed by atoms with Crippen LogP contribution in [0.4, 0.5) is 0 Å². The molecule has 0 aromatic carbocycles. The van der Waals surface area contributed by atoms with Crippen LogP contribution in [0, 0.1) is 140 Å². The van der Waals surface area contributed by atoms with Gasteiger partial charge < -0.3 is 23.7 Å². The summed E-state index contributed by atoms with van der Waals surface area (Å²) in [4.78, 5) is 62.9. The van der Waals surface area contributed by atoms with Crippen molar-refractivity contribution in [2.24, 2.45) is 140 Å². The van der Waals surface area contributed by atoms with Gasteiger partial charge in [-0.05, 0) is 343 Å². The lowest BCUT2D eigenvalue weighted by Crippen LogP contribution is -2.63. The molecule has 10 nitrogen and oxygen atoms in total. The Balaban J connectivity index is 0.000000160. The summed E-state index contributed by atoms with van der Waals surface area (Å²) in [5.41, 5.74) is -2.64. The predicted octanol–water partition coefficient (Wildman–Crippen LogP) is 23.7. The maximum absolute atomic E-state index is 12.9. The van der Waals surface area contributed by atoms with Crippen molar-refractivity contribution in [3.63, 3.8) is 0 Å². The molecule has 10 bridgehead atoms. The molecule has 576 valence electrons. The molecule has 0 radical (unpaired) electrons. The highest BCUT2D eigenvalue weighted by molar-refractivity contribution is 5.78. The Bertz CT molecular complexity index is 2710. The minimum Gasteiger partial charge on any atom is -0.458 e. The molecule has 0 aliphatic heterocycles. The van der Waals surface area contributed by atoms with E-state index in [1.54, 1.807) is 0 Å². The molecule has 0 N–H and O–H groups in total. The molecule has 0 amide bonds. The molecule has 13 saturated carbocycles. The zero-order valence-electron chi connectivity index (χ0n) is 69.5. The van der Waals surface area contributed by atoms with E-state index in [4.69, 9.17) is 23.7 Å². The third kappa shape index (κ3) is 16.7. The first-order chi connectivity index (χ1) is 46.5. The Labute approximate surface area is 614 Å². The molecule has 0 saturated heterocycles. The monoisotopic (exact) mass is 1400 g/mol. The van der Waals surface area contributed by atoms with Gasteiger partial charge in [0.1, 0.15) is 28.0 Å². The van der Waals surface area contributed by atoms with Gasteiger partial charge in [0, 0.05) is 5.92 Å². The first-order valence-electron chi connectivity index (χ1n) is 42.7. The Morgan fingerprint density at radius 3 is 1.16 bits per heavy atom. The van der Waals surface area contributed by atoms with E-state index in [1.165, 1.54) is 128 Å². The maximum Gasteiger partial charge on any atom is 0.312 e. The molecule has 13 rings (SSSR count). The summed E-state index contributed by atoms with van der Waals surface area (Å²) < 4.78 is 31.1. The fraction of sp³-hybridized carbons (Fsp3) is 0.944. The Morgan fingerprint density at radius 1 is 0.320 bits per heavy atom. The summed E-state index contributed by atoms with van der Waals surface area (Å²) in [5, 5.41) is 0. The molecular weight excluding hydrogens is 1240 g/mol. The summed E-state index contributed by atoms with van der Waals surface area (Å²) in [6.45, 7) is 52.8. The van der Waals surface area contributed by atoms with Gasteiger partial charge in [-0.3, -0.25) is 24.0 Å².